The van der Waals surface area contributed by atoms with Gasteiger partial charge in [0.25, 0.3) is 0 Å². The highest BCUT2D eigenvalue weighted by Gasteiger charge is 2.61. The maximum absolute atomic E-state index is 11.3. The predicted octanol–water partition coefficient (Wildman–Crippen LogP) is 4.44. The van der Waals surface area contributed by atoms with Gasteiger partial charge in [0.1, 0.15) is 0 Å². The summed E-state index contributed by atoms with van der Waals surface area (Å²) < 4.78 is 6.79. The minimum Gasteiger partial charge on any atom is -0.389 e. The lowest BCUT2D eigenvalue weighted by Crippen LogP contribution is -2.66. The van der Waals surface area contributed by atoms with Crippen molar-refractivity contribution in [3.63, 3.8) is 0 Å². The molecule has 2 saturated carbocycles. The Kier molecular flexibility index (Phi) is 6.79. The third kappa shape index (κ3) is 4.11. The number of hydrogen-bond donors (Lipinski definition) is 2. The van der Waals surface area contributed by atoms with Crippen molar-refractivity contribution in [2.24, 2.45) is 27.7 Å². The Morgan fingerprint density at radius 3 is 2.30 bits per heavy atom. The van der Waals surface area contributed by atoms with Crippen molar-refractivity contribution < 1.29 is 9.84 Å². The van der Waals surface area contributed by atoms with Gasteiger partial charge in [0.15, 0.2) is 0 Å². The van der Waals surface area contributed by atoms with E-state index in [-0.39, 0.29) is 34.7 Å². The molecular formula is C23H37N3O2S2. The van der Waals surface area contributed by atoms with Crippen LogP contribution >= 0.6 is 24.4 Å². The van der Waals surface area contributed by atoms with Gasteiger partial charge in [0.2, 0.25) is 0 Å². The standard InChI is InChI=1S/C23H37N3O2S2/c1-20(2,25-13-29)17-9-12-23(5,28-17)16-7-10-21(3,26-14-30)15-8-11-22(4,27)19(24-6)18(15)16/h15-19,24,27H,7-12H2,1-6H3. The van der Waals surface area contributed by atoms with Crippen LogP contribution in [-0.4, -0.2) is 56.9 Å². The number of hydrogen-bond acceptors (Lipinski definition) is 7. The number of fused-ring (bicyclic) bond motifs is 1. The van der Waals surface area contributed by atoms with Crippen molar-refractivity contribution in [3.05, 3.63) is 0 Å². The largest absolute Gasteiger partial charge is 0.389 e. The number of thiocarbonyl (C=S) groups is 2. The third-order valence-corrected chi connectivity index (χ3v) is 8.72. The number of ether oxygens (including phenoxy) is 1. The number of likely N-dealkylation sites (N-methyl/N-ethyl adjacent to an activating group) is 1. The smallest absolute Gasteiger partial charge is 0.0915 e. The molecule has 7 heteroatoms. The SMILES string of the molecule is CNC1C2C(CCC1(C)O)C(C)(N=C=S)CCC2C1(C)CCC(C(C)(C)N=C=S)O1. The number of aliphatic hydroxyl groups is 1. The Labute approximate surface area is 192 Å². The lowest BCUT2D eigenvalue weighted by molar-refractivity contribution is -0.161. The van der Waals surface area contributed by atoms with Gasteiger partial charge < -0.3 is 15.2 Å². The van der Waals surface area contributed by atoms with E-state index >= 15 is 0 Å². The van der Waals surface area contributed by atoms with Gasteiger partial charge in [-0.05, 0) is 122 Å². The summed E-state index contributed by atoms with van der Waals surface area (Å²) in [6.45, 7) is 10.6. The minimum absolute atomic E-state index is 0.0147. The van der Waals surface area contributed by atoms with Crippen LogP contribution < -0.4 is 5.32 Å². The maximum Gasteiger partial charge on any atom is 0.0915 e. The molecule has 1 aliphatic heterocycles. The Hall–Kier alpha value is -0.520. The van der Waals surface area contributed by atoms with Crippen LogP contribution in [0.25, 0.3) is 0 Å². The third-order valence-electron chi connectivity index (χ3n) is 8.54. The first-order chi connectivity index (χ1) is 13.9. The van der Waals surface area contributed by atoms with Crippen molar-refractivity contribution in [2.45, 2.75) is 108 Å². The summed E-state index contributed by atoms with van der Waals surface area (Å²) in [6, 6.07) is -0.0207. The summed E-state index contributed by atoms with van der Waals surface area (Å²) in [4.78, 5) is 9.04. The molecule has 0 amide bonds. The average molecular weight is 452 g/mol. The van der Waals surface area contributed by atoms with Gasteiger partial charge in [-0.3, -0.25) is 0 Å². The Balaban J connectivity index is 1.98. The summed E-state index contributed by atoms with van der Waals surface area (Å²) in [5.41, 5.74) is -1.65. The Morgan fingerprint density at radius 2 is 1.70 bits per heavy atom. The zero-order valence-corrected chi connectivity index (χ0v) is 20.8. The quantitative estimate of drug-likeness (QED) is 0.478. The molecule has 3 rings (SSSR count). The van der Waals surface area contributed by atoms with E-state index in [1.807, 2.05) is 14.0 Å². The normalized spacial score (nSPS) is 46.4. The van der Waals surface area contributed by atoms with Gasteiger partial charge >= 0.3 is 0 Å². The van der Waals surface area contributed by atoms with Crippen molar-refractivity contribution in [1.82, 2.24) is 5.32 Å². The molecule has 1 heterocycles. The molecule has 168 valence electrons. The molecule has 8 atom stereocenters. The molecule has 0 aromatic heterocycles. The molecule has 3 fully saturated rings. The van der Waals surface area contributed by atoms with E-state index in [2.05, 4.69) is 53.3 Å². The van der Waals surface area contributed by atoms with Crippen molar-refractivity contribution >= 4 is 34.8 Å². The highest BCUT2D eigenvalue weighted by atomic mass is 32.1. The number of nitrogens with one attached hydrogen (secondary N) is 1. The molecule has 2 aliphatic carbocycles. The van der Waals surface area contributed by atoms with E-state index in [1.54, 1.807) is 0 Å². The van der Waals surface area contributed by atoms with Gasteiger partial charge in [-0.2, -0.15) is 0 Å². The topological polar surface area (TPSA) is 66.2 Å². The van der Waals surface area contributed by atoms with Crippen molar-refractivity contribution in [1.29, 1.82) is 0 Å². The minimum atomic E-state index is -0.761. The van der Waals surface area contributed by atoms with Crippen LogP contribution in [0.1, 0.15) is 73.1 Å². The van der Waals surface area contributed by atoms with E-state index in [4.69, 9.17) is 29.2 Å². The summed E-state index contributed by atoms with van der Waals surface area (Å²) >= 11 is 9.88. The lowest BCUT2D eigenvalue weighted by Gasteiger charge is -2.59. The number of rotatable bonds is 5. The molecular weight excluding hydrogens is 414 g/mol. The van der Waals surface area contributed by atoms with Gasteiger partial charge in [0.05, 0.1) is 38.7 Å². The molecule has 0 bridgehead atoms. The Bertz CT molecular complexity index is 760. The van der Waals surface area contributed by atoms with Crippen LogP contribution in [0.5, 0.6) is 0 Å². The van der Waals surface area contributed by atoms with Gasteiger partial charge in [0, 0.05) is 6.04 Å². The fourth-order valence-electron chi connectivity index (χ4n) is 6.79. The maximum atomic E-state index is 11.3. The second-order valence-electron chi connectivity index (χ2n) is 10.9. The fraction of sp³-hybridized carbons (Fsp3) is 0.913. The second kappa shape index (κ2) is 8.44. The first-order valence-corrected chi connectivity index (χ1v) is 12.0. The number of nitrogens with zero attached hydrogens (tertiary/aromatic N) is 2. The summed E-state index contributed by atoms with van der Waals surface area (Å²) in [7, 11) is 1.96. The zero-order valence-electron chi connectivity index (χ0n) is 19.2. The molecule has 30 heavy (non-hydrogen) atoms. The molecule has 0 radical (unpaired) electrons. The van der Waals surface area contributed by atoms with Crippen molar-refractivity contribution in [3.8, 4) is 0 Å². The van der Waals surface area contributed by atoms with Crippen LogP contribution in [0.15, 0.2) is 9.98 Å². The first-order valence-electron chi connectivity index (χ1n) is 11.2. The fourth-order valence-corrected chi connectivity index (χ4v) is 7.23. The van der Waals surface area contributed by atoms with Crippen LogP contribution in [0, 0.1) is 17.8 Å². The number of isothiocyanates is 2. The molecule has 2 N–H and O–H groups in total. The van der Waals surface area contributed by atoms with E-state index in [1.165, 1.54) is 0 Å². The average Bonchev–Trinajstić information content (AvgIpc) is 3.05. The van der Waals surface area contributed by atoms with E-state index < -0.39 is 5.60 Å². The molecule has 1 saturated heterocycles. The molecule has 0 aromatic carbocycles. The van der Waals surface area contributed by atoms with Gasteiger partial charge in [-0.1, -0.05) is 0 Å². The zero-order chi connectivity index (χ0) is 22.4. The van der Waals surface area contributed by atoms with Crippen molar-refractivity contribution in [2.75, 3.05) is 7.05 Å². The summed E-state index contributed by atoms with van der Waals surface area (Å²) in [5.74, 6) is 0.888. The molecule has 0 aromatic rings. The molecule has 0 spiro atoms. The van der Waals surface area contributed by atoms with Crippen LogP contribution in [-0.2, 0) is 4.74 Å². The van der Waals surface area contributed by atoms with E-state index in [9.17, 15) is 5.11 Å². The van der Waals surface area contributed by atoms with Crippen LogP contribution in [0.3, 0.4) is 0 Å². The molecule has 5 nitrogen and oxygen atoms in total. The van der Waals surface area contributed by atoms with Crippen LogP contribution in [0.2, 0.25) is 0 Å². The lowest BCUT2D eigenvalue weighted by atomic mass is 9.51. The Morgan fingerprint density at radius 1 is 1.03 bits per heavy atom. The summed E-state index contributed by atoms with van der Waals surface area (Å²) in [5, 5.41) is 19.9. The van der Waals surface area contributed by atoms with Gasteiger partial charge in [-0.15, -0.1) is 0 Å². The molecule has 3 aliphatic rings. The predicted molar refractivity (Wildman–Crippen MR) is 127 cm³/mol. The van der Waals surface area contributed by atoms with E-state index in [0.29, 0.717) is 11.8 Å². The van der Waals surface area contributed by atoms with E-state index in [0.717, 1.165) is 38.5 Å². The highest BCUT2D eigenvalue weighted by molar-refractivity contribution is 7.78. The highest BCUT2D eigenvalue weighted by Crippen LogP contribution is 2.57. The first kappa shape index (κ1) is 24.1. The monoisotopic (exact) mass is 451 g/mol. The number of aliphatic imine (C=N–C) groups is 2. The second-order valence-corrected chi connectivity index (χ2v) is 11.2. The summed E-state index contributed by atoms with van der Waals surface area (Å²) in [6.07, 6.45) is 5.59. The van der Waals surface area contributed by atoms with Gasteiger partial charge in [-0.25, -0.2) is 9.98 Å². The molecule has 8 unspecified atom stereocenters. The van der Waals surface area contributed by atoms with Crippen LogP contribution in [0.4, 0.5) is 0 Å².